The number of amides is 1. The monoisotopic (exact) mass is 139 g/mol. The molecule has 0 aromatic carbocycles. The summed E-state index contributed by atoms with van der Waals surface area (Å²) in [6.45, 7) is 0. The summed E-state index contributed by atoms with van der Waals surface area (Å²) in [4.78, 5) is 12.9. The van der Waals surface area contributed by atoms with Crippen LogP contribution in [-0.4, -0.2) is 24.9 Å². The summed E-state index contributed by atoms with van der Waals surface area (Å²) in [6, 6.07) is 0. The van der Waals surface area contributed by atoms with Gasteiger partial charge in [-0.2, -0.15) is 0 Å². The molecule has 0 atom stereocenters. The first-order valence-corrected chi connectivity index (χ1v) is 3.58. The number of nitrogens with zero attached hydrogens (tertiary/aromatic N) is 1. The van der Waals surface area contributed by atoms with E-state index in [0.717, 1.165) is 12.8 Å². The highest BCUT2D eigenvalue weighted by Gasteiger charge is 2.19. The Balaban J connectivity index is 2.43. The van der Waals surface area contributed by atoms with Gasteiger partial charge < -0.3 is 4.90 Å². The van der Waals surface area contributed by atoms with E-state index in [1.165, 1.54) is 0 Å². The molecule has 0 aromatic rings. The molecule has 2 heteroatoms. The molecule has 1 amide bonds. The molecule has 56 valence electrons. The summed E-state index contributed by atoms with van der Waals surface area (Å²) >= 11 is 0. The number of rotatable bonds is 1. The molecule has 0 spiro atoms. The second-order valence-corrected chi connectivity index (χ2v) is 2.87. The van der Waals surface area contributed by atoms with Gasteiger partial charge in [0.2, 0.25) is 5.91 Å². The van der Waals surface area contributed by atoms with Crippen molar-refractivity contribution in [1.82, 2.24) is 4.90 Å². The zero-order valence-corrected chi connectivity index (χ0v) is 6.50. The van der Waals surface area contributed by atoms with Gasteiger partial charge in [-0.3, -0.25) is 4.79 Å². The highest BCUT2D eigenvalue weighted by molar-refractivity contribution is 5.79. The fourth-order valence-electron chi connectivity index (χ4n) is 1.18. The smallest absolute Gasteiger partial charge is 0.225 e. The van der Waals surface area contributed by atoms with Gasteiger partial charge in [0.05, 0.1) is 0 Å². The van der Waals surface area contributed by atoms with E-state index in [-0.39, 0.29) is 11.8 Å². The predicted octanol–water partition coefficient (Wildman–Crippen LogP) is 1.04. The molecule has 0 fully saturated rings. The molecular weight excluding hydrogens is 126 g/mol. The molecule has 0 N–H and O–H groups in total. The third-order valence-corrected chi connectivity index (χ3v) is 1.80. The Labute approximate surface area is 61.5 Å². The van der Waals surface area contributed by atoms with Gasteiger partial charge in [0.1, 0.15) is 0 Å². The SMILES string of the molecule is CN(C)C(=O)C1CC=CC1. The molecule has 0 aromatic heterocycles. The molecule has 0 unspecified atom stereocenters. The maximum atomic E-state index is 11.2. The van der Waals surface area contributed by atoms with Crippen molar-refractivity contribution >= 4 is 5.91 Å². The Morgan fingerprint density at radius 1 is 1.40 bits per heavy atom. The van der Waals surface area contributed by atoms with Gasteiger partial charge >= 0.3 is 0 Å². The Morgan fingerprint density at radius 3 is 2.30 bits per heavy atom. The average molecular weight is 139 g/mol. The zero-order chi connectivity index (χ0) is 7.56. The van der Waals surface area contributed by atoms with Crippen LogP contribution >= 0.6 is 0 Å². The number of hydrogen-bond donors (Lipinski definition) is 0. The van der Waals surface area contributed by atoms with Crippen molar-refractivity contribution in [2.45, 2.75) is 12.8 Å². The van der Waals surface area contributed by atoms with E-state index in [1.54, 1.807) is 19.0 Å². The topological polar surface area (TPSA) is 20.3 Å². The second-order valence-electron chi connectivity index (χ2n) is 2.87. The molecule has 0 radical (unpaired) electrons. The van der Waals surface area contributed by atoms with E-state index in [4.69, 9.17) is 0 Å². The van der Waals surface area contributed by atoms with Crippen LogP contribution in [0.5, 0.6) is 0 Å². The minimum atomic E-state index is 0.231. The fraction of sp³-hybridized carbons (Fsp3) is 0.625. The van der Waals surface area contributed by atoms with Gasteiger partial charge in [-0.15, -0.1) is 0 Å². The zero-order valence-electron chi connectivity index (χ0n) is 6.50. The largest absolute Gasteiger partial charge is 0.349 e. The van der Waals surface area contributed by atoms with Crippen LogP contribution < -0.4 is 0 Å². The van der Waals surface area contributed by atoms with E-state index in [9.17, 15) is 4.79 Å². The normalized spacial score (nSPS) is 17.8. The Morgan fingerprint density at radius 2 is 1.90 bits per heavy atom. The second kappa shape index (κ2) is 2.86. The minimum Gasteiger partial charge on any atom is -0.349 e. The van der Waals surface area contributed by atoms with Gasteiger partial charge in [0.25, 0.3) is 0 Å². The number of allylic oxidation sites excluding steroid dienone is 2. The molecule has 1 rings (SSSR count). The van der Waals surface area contributed by atoms with Crippen LogP contribution in [0.15, 0.2) is 12.2 Å². The number of hydrogen-bond acceptors (Lipinski definition) is 1. The molecule has 0 bridgehead atoms. The molecule has 0 saturated carbocycles. The molecule has 10 heavy (non-hydrogen) atoms. The third-order valence-electron chi connectivity index (χ3n) is 1.80. The lowest BCUT2D eigenvalue weighted by atomic mass is 10.1. The number of carbonyl (C=O) groups excluding carboxylic acids is 1. The summed E-state index contributed by atoms with van der Waals surface area (Å²) in [5.74, 6) is 0.486. The van der Waals surface area contributed by atoms with Crippen LogP contribution in [0.1, 0.15) is 12.8 Å². The standard InChI is InChI=1S/C8H13NO/c1-9(2)8(10)7-5-3-4-6-7/h3-4,7H,5-6H2,1-2H3. The summed E-state index contributed by atoms with van der Waals surface area (Å²) in [5.41, 5.74) is 0. The van der Waals surface area contributed by atoms with E-state index >= 15 is 0 Å². The Hall–Kier alpha value is -0.790. The maximum absolute atomic E-state index is 11.2. The lowest BCUT2D eigenvalue weighted by Crippen LogP contribution is -2.28. The van der Waals surface area contributed by atoms with Crippen LogP contribution in [0, 0.1) is 5.92 Å². The van der Waals surface area contributed by atoms with Crippen molar-refractivity contribution < 1.29 is 4.79 Å². The van der Waals surface area contributed by atoms with Gasteiger partial charge in [0.15, 0.2) is 0 Å². The predicted molar refractivity (Wildman–Crippen MR) is 40.6 cm³/mol. The summed E-state index contributed by atoms with van der Waals surface area (Å²) in [6.07, 6.45) is 6.01. The minimum absolute atomic E-state index is 0.231. The van der Waals surface area contributed by atoms with Crippen molar-refractivity contribution in [1.29, 1.82) is 0 Å². The average Bonchev–Trinajstić information content (AvgIpc) is 2.36. The van der Waals surface area contributed by atoms with Gasteiger partial charge in [0, 0.05) is 20.0 Å². The molecule has 1 aliphatic rings. The van der Waals surface area contributed by atoms with Crippen molar-refractivity contribution in [3.8, 4) is 0 Å². The van der Waals surface area contributed by atoms with Crippen molar-refractivity contribution in [2.75, 3.05) is 14.1 Å². The van der Waals surface area contributed by atoms with Gasteiger partial charge in [-0.05, 0) is 12.8 Å². The quantitative estimate of drug-likeness (QED) is 0.497. The van der Waals surface area contributed by atoms with Crippen LogP contribution in [0.2, 0.25) is 0 Å². The van der Waals surface area contributed by atoms with Crippen LogP contribution in [-0.2, 0) is 4.79 Å². The van der Waals surface area contributed by atoms with Crippen LogP contribution in [0.25, 0.3) is 0 Å². The first kappa shape index (κ1) is 7.32. The van der Waals surface area contributed by atoms with Gasteiger partial charge in [-0.25, -0.2) is 0 Å². The highest BCUT2D eigenvalue weighted by atomic mass is 16.2. The third kappa shape index (κ3) is 1.38. The maximum Gasteiger partial charge on any atom is 0.225 e. The Kier molecular flexibility index (Phi) is 2.10. The van der Waals surface area contributed by atoms with Gasteiger partial charge in [-0.1, -0.05) is 12.2 Å². The van der Waals surface area contributed by atoms with E-state index in [1.807, 2.05) is 0 Å². The number of carbonyl (C=O) groups is 1. The molecular formula is C8H13NO. The van der Waals surface area contributed by atoms with Crippen molar-refractivity contribution in [2.24, 2.45) is 5.92 Å². The van der Waals surface area contributed by atoms with E-state index in [2.05, 4.69) is 12.2 Å². The lowest BCUT2D eigenvalue weighted by Gasteiger charge is -2.14. The molecule has 0 aliphatic heterocycles. The summed E-state index contributed by atoms with van der Waals surface area (Å²) in [7, 11) is 3.61. The lowest BCUT2D eigenvalue weighted by molar-refractivity contribution is -0.132. The van der Waals surface area contributed by atoms with Crippen molar-refractivity contribution in [3.63, 3.8) is 0 Å². The van der Waals surface area contributed by atoms with E-state index < -0.39 is 0 Å². The molecule has 0 heterocycles. The van der Waals surface area contributed by atoms with Crippen molar-refractivity contribution in [3.05, 3.63) is 12.2 Å². The Bertz CT molecular complexity index is 153. The molecule has 2 nitrogen and oxygen atoms in total. The van der Waals surface area contributed by atoms with Crippen LogP contribution in [0.3, 0.4) is 0 Å². The van der Waals surface area contributed by atoms with Crippen LogP contribution in [0.4, 0.5) is 0 Å². The fourth-order valence-corrected chi connectivity index (χ4v) is 1.18. The highest BCUT2D eigenvalue weighted by Crippen LogP contribution is 2.18. The summed E-state index contributed by atoms with van der Waals surface area (Å²) < 4.78 is 0. The first-order chi connectivity index (χ1) is 4.72. The molecule has 1 aliphatic carbocycles. The first-order valence-electron chi connectivity index (χ1n) is 3.58. The van der Waals surface area contributed by atoms with E-state index in [0.29, 0.717) is 0 Å². The summed E-state index contributed by atoms with van der Waals surface area (Å²) in [5, 5.41) is 0. The molecule has 0 saturated heterocycles.